The van der Waals surface area contributed by atoms with Gasteiger partial charge in [-0.25, -0.2) is 4.98 Å². The number of rotatable bonds is 0. The Bertz CT molecular complexity index is 270. The number of aromatic nitrogens is 1. The summed E-state index contributed by atoms with van der Waals surface area (Å²) in [6.07, 6.45) is 4.72. The SMILES string of the molecule is C1=c2ncoc2=C[N]1. The predicted octanol–water partition coefficient (Wildman–Crippen LogP) is -1.23. The van der Waals surface area contributed by atoms with Crippen LogP contribution in [0.5, 0.6) is 0 Å². The molecule has 3 heteroatoms. The van der Waals surface area contributed by atoms with Gasteiger partial charge in [-0.3, -0.25) is 5.32 Å². The van der Waals surface area contributed by atoms with E-state index in [2.05, 4.69) is 10.3 Å². The minimum atomic E-state index is 0.755. The second-order valence-electron chi connectivity index (χ2n) is 1.51. The van der Waals surface area contributed by atoms with E-state index in [1.54, 1.807) is 12.4 Å². The van der Waals surface area contributed by atoms with Crippen molar-refractivity contribution in [2.24, 2.45) is 0 Å². The molecule has 2 heterocycles. The second-order valence-corrected chi connectivity index (χ2v) is 1.51. The fourth-order valence-corrected chi connectivity index (χ4v) is 0.633. The molecule has 0 bridgehead atoms. The number of oxazole rings is 1. The first kappa shape index (κ1) is 3.72. The number of fused-ring (bicyclic) bond motifs is 1. The highest BCUT2D eigenvalue weighted by molar-refractivity contribution is 5.35. The van der Waals surface area contributed by atoms with Crippen LogP contribution >= 0.6 is 0 Å². The molecule has 3 nitrogen and oxygen atoms in total. The van der Waals surface area contributed by atoms with Gasteiger partial charge in [-0.2, -0.15) is 0 Å². The second kappa shape index (κ2) is 1.12. The third-order valence-corrected chi connectivity index (χ3v) is 1.01. The predicted molar refractivity (Wildman–Crippen MR) is 26.8 cm³/mol. The average molecular weight is 107 g/mol. The standard InChI is InChI=1S/C5H3N2O/c1-4-5(2-6-1)8-3-7-4/h1-3H. The number of nitrogens with zero attached hydrogens (tertiary/aromatic N) is 2. The fourth-order valence-electron chi connectivity index (χ4n) is 0.633. The molecule has 1 aliphatic heterocycles. The van der Waals surface area contributed by atoms with Crippen molar-refractivity contribution < 1.29 is 4.42 Å². The molecular formula is C5H3N2O. The van der Waals surface area contributed by atoms with Crippen molar-refractivity contribution in [3.8, 4) is 0 Å². The van der Waals surface area contributed by atoms with Crippen LogP contribution in [0.15, 0.2) is 10.8 Å². The zero-order chi connectivity index (χ0) is 5.40. The van der Waals surface area contributed by atoms with Gasteiger partial charge < -0.3 is 4.42 Å². The molecule has 0 aromatic carbocycles. The Hall–Kier alpha value is -1.25. The molecule has 0 aliphatic carbocycles. The monoisotopic (exact) mass is 107 g/mol. The van der Waals surface area contributed by atoms with Crippen LogP contribution in [-0.4, -0.2) is 4.98 Å². The van der Waals surface area contributed by atoms with Crippen LogP contribution in [0.4, 0.5) is 0 Å². The van der Waals surface area contributed by atoms with E-state index >= 15 is 0 Å². The van der Waals surface area contributed by atoms with Crippen LogP contribution in [0.3, 0.4) is 0 Å². The lowest BCUT2D eigenvalue weighted by Crippen LogP contribution is -2.17. The normalized spacial score (nSPS) is 13.5. The molecule has 1 aromatic rings. The van der Waals surface area contributed by atoms with Gasteiger partial charge >= 0.3 is 0 Å². The highest BCUT2D eigenvalue weighted by Gasteiger charge is 1.94. The first-order chi connectivity index (χ1) is 3.97. The highest BCUT2D eigenvalue weighted by Crippen LogP contribution is 1.71. The third kappa shape index (κ3) is 0.307. The molecule has 1 radical (unpaired) electrons. The van der Waals surface area contributed by atoms with Crippen LogP contribution in [0.2, 0.25) is 0 Å². The molecular weight excluding hydrogens is 104 g/mol. The Balaban J connectivity index is 3.08. The highest BCUT2D eigenvalue weighted by atomic mass is 16.3. The van der Waals surface area contributed by atoms with Crippen LogP contribution < -0.4 is 16.1 Å². The Morgan fingerprint density at radius 1 is 1.38 bits per heavy atom. The molecule has 0 saturated heterocycles. The molecule has 1 aromatic heterocycles. The summed E-state index contributed by atoms with van der Waals surface area (Å²) in [6, 6.07) is 0. The lowest BCUT2D eigenvalue weighted by molar-refractivity contribution is 0.524. The lowest BCUT2D eigenvalue weighted by atomic mass is 10.7. The first-order valence-corrected chi connectivity index (χ1v) is 2.27. The third-order valence-electron chi connectivity index (χ3n) is 1.01. The molecule has 1 aliphatic rings. The van der Waals surface area contributed by atoms with Crippen molar-refractivity contribution in [3.05, 3.63) is 17.2 Å². The van der Waals surface area contributed by atoms with E-state index in [0.29, 0.717) is 0 Å². The van der Waals surface area contributed by atoms with E-state index < -0.39 is 0 Å². The van der Waals surface area contributed by atoms with Crippen molar-refractivity contribution in [3.63, 3.8) is 0 Å². The summed E-state index contributed by atoms with van der Waals surface area (Å²) >= 11 is 0. The summed E-state index contributed by atoms with van der Waals surface area (Å²) < 4.78 is 4.88. The zero-order valence-electron chi connectivity index (χ0n) is 4.03. The van der Waals surface area contributed by atoms with Crippen LogP contribution in [0, 0.1) is 0 Å². The molecule has 0 saturated carbocycles. The molecule has 0 fully saturated rings. The van der Waals surface area contributed by atoms with Crippen molar-refractivity contribution in [2.45, 2.75) is 0 Å². The summed E-state index contributed by atoms with van der Waals surface area (Å²) in [5, 5.41) is 4.63. The van der Waals surface area contributed by atoms with Gasteiger partial charge in [-0.05, 0) is 0 Å². The average Bonchev–Trinajstić information content (AvgIpc) is 2.15. The van der Waals surface area contributed by atoms with Crippen LogP contribution in [0.25, 0.3) is 12.4 Å². The summed E-state index contributed by atoms with van der Waals surface area (Å²) in [4.78, 5) is 3.85. The molecule has 0 atom stereocenters. The van der Waals surface area contributed by atoms with Crippen LogP contribution in [0.1, 0.15) is 0 Å². The summed E-state index contributed by atoms with van der Waals surface area (Å²) in [7, 11) is 0. The maximum absolute atomic E-state index is 4.88. The molecule has 0 spiro atoms. The molecule has 2 rings (SSSR count). The van der Waals surface area contributed by atoms with E-state index in [0.717, 1.165) is 10.8 Å². The smallest absolute Gasteiger partial charge is 0.182 e. The first-order valence-electron chi connectivity index (χ1n) is 2.27. The quantitative estimate of drug-likeness (QED) is 0.416. The summed E-state index contributed by atoms with van der Waals surface area (Å²) in [5.41, 5.74) is 0.755. The van der Waals surface area contributed by atoms with E-state index in [1.807, 2.05) is 0 Å². The van der Waals surface area contributed by atoms with E-state index in [4.69, 9.17) is 4.42 Å². The topological polar surface area (TPSA) is 40.1 Å². The zero-order valence-corrected chi connectivity index (χ0v) is 4.03. The number of hydrogen-bond donors (Lipinski definition) is 0. The molecule has 39 valence electrons. The lowest BCUT2D eigenvalue weighted by Gasteiger charge is -1.67. The fraction of sp³-hybridized carbons (Fsp3) is 0. The van der Waals surface area contributed by atoms with Gasteiger partial charge in [0.1, 0.15) is 5.35 Å². The Labute approximate surface area is 45.3 Å². The minimum Gasteiger partial charge on any atom is -0.442 e. The van der Waals surface area contributed by atoms with Gasteiger partial charge in [0.2, 0.25) is 0 Å². The maximum Gasteiger partial charge on any atom is 0.182 e. The Morgan fingerprint density at radius 2 is 2.38 bits per heavy atom. The van der Waals surface area contributed by atoms with Gasteiger partial charge in [0.05, 0.1) is 12.4 Å². The van der Waals surface area contributed by atoms with Gasteiger partial charge in [-0.15, -0.1) is 0 Å². The van der Waals surface area contributed by atoms with E-state index in [9.17, 15) is 0 Å². The van der Waals surface area contributed by atoms with Gasteiger partial charge in [0.25, 0.3) is 0 Å². The Morgan fingerprint density at radius 3 is 3.25 bits per heavy atom. The van der Waals surface area contributed by atoms with Crippen molar-refractivity contribution >= 4 is 12.4 Å². The molecule has 0 N–H and O–H groups in total. The van der Waals surface area contributed by atoms with Crippen molar-refractivity contribution in [2.75, 3.05) is 0 Å². The summed E-state index contributed by atoms with van der Waals surface area (Å²) in [5.74, 6) is 0. The molecule has 0 unspecified atom stereocenters. The van der Waals surface area contributed by atoms with Crippen LogP contribution in [-0.2, 0) is 0 Å². The van der Waals surface area contributed by atoms with Crippen molar-refractivity contribution in [1.29, 1.82) is 0 Å². The van der Waals surface area contributed by atoms with Gasteiger partial charge in [0.15, 0.2) is 11.8 Å². The minimum absolute atomic E-state index is 0.755. The molecule has 8 heavy (non-hydrogen) atoms. The maximum atomic E-state index is 4.88. The van der Waals surface area contributed by atoms with Gasteiger partial charge in [0, 0.05) is 0 Å². The Kier molecular flexibility index (Phi) is 0.521. The van der Waals surface area contributed by atoms with E-state index in [1.165, 1.54) is 6.39 Å². The summed E-state index contributed by atoms with van der Waals surface area (Å²) in [6.45, 7) is 0. The number of hydrogen-bond acceptors (Lipinski definition) is 2. The largest absolute Gasteiger partial charge is 0.442 e. The van der Waals surface area contributed by atoms with E-state index in [-0.39, 0.29) is 0 Å². The van der Waals surface area contributed by atoms with Gasteiger partial charge in [-0.1, -0.05) is 0 Å². The molecule has 0 amide bonds. The van der Waals surface area contributed by atoms with Crippen molar-refractivity contribution in [1.82, 2.24) is 10.3 Å².